The normalized spacial score (nSPS) is 37.8. The predicted molar refractivity (Wildman–Crippen MR) is 55.0 cm³/mol. The molecule has 1 aliphatic heterocycles. The van der Waals surface area contributed by atoms with Gasteiger partial charge in [-0.25, -0.2) is 0 Å². The number of rotatable bonds is 2. The fourth-order valence-corrected chi connectivity index (χ4v) is 2.80. The van der Waals surface area contributed by atoms with Crippen LogP contribution in [-0.4, -0.2) is 20.0 Å². The van der Waals surface area contributed by atoms with E-state index in [0.717, 1.165) is 18.6 Å². The second kappa shape index (κ2) is 2.61. The van der Waals surface area contributed by atoms with E-state index in [0.29, 0.717) is 6.10 Å². The van der Waals surface area contributed by atoms with Crippen LogP contribution in [0.3, 0.4) is 0 Å². The zero-order valence-corrected chi connectivity index (χ0v) is 9.89. The van der Waals surface area contributed by atoms with Crippen molar-refractivity contribution < 1.29 is 9.16 Å². The van der Waals surface area contributed by atoms with Gasteiger partial charge in [-0.3, -0.25) is 0 Å². The maximum Gasteiger partial charge on any atom is 0.241 e. The van der Waals surface area contributed by atoms with Crippen LogP contribution in [0.1, 0.15) is 19.8 Å². The average molecular weight is 198 g/mol. The van der Waals surface area contributed by atoms with Crippen molar-refractivity contribution in [2.45, 2.75) is 51.1 Å². The van der Waals surface area contributed by atoms with E-state index in [4.69, 9.17) is 9.16 Å². The van der Waals surface area contributed by atoms with Crippen molar-refractivity contribution in [1.82, 2.24) is 0 Å². The molecule has 2 nitrogen and oxygen atoms in total. The Morgan fingerprint density at radius 2 is 2.23 bits per heavy atom. The van der Waals surface area contributed by atoms with E-state index in [1.54, 1.807) is 0 Å². The first-order chi connectivity index (χ1) is 5.92. The first-order valence-electron chi connectivity index (χ1n) is 4.99. The minimum absolute atomic E-state index is 0.0570. The van der Waals surface area contributed by atoms with E-state index in [-0.39, 0.29) is 5.60 Å². The van der Waals surface area contributed by atoms with Crippen LogP contribution < -0.4 is 0 Å². The maximum absolute atomic E-state index is 6.01. The molecule has 2 atom stereocenters. The Morgan fingerprint density at radius 1 is 1.54 bits per heavy atom. The van der Waals surface area contributed by atoms with Crippen molar-refractivity contribution in [3.63, 3.8) is 0 Å². The Hall–Kier alpha value is -0.283. The SMILES string of the molecule is CC12OC1CCC=C2O[Si](C)(C)C. The highest BCUT2D eigenvalue weighted by molar-refractivity contribution is 6.70. The summed E-state index contributed by atoms with van der Waals surface area (Å²) in [6, 6.07) is 0. The van der Waals surface area contributed by atoms with Crippen LogP contribution in [0.5, 0.6) is 0 Å². The molecular weight excluding hydrogens is 180 g/mol. The highest BCUT2D eigenvalue weighted by Gasteiger charge is 2.57. The molecule has 1 fully saturated rings. The summed E-state index contributed by atoms with van der Waals surface area (Å²) < 4.78 is 11.7. The number of hydrogen-bond acceptors (Lipinski definition) is 2. The molecule has 0 radical (unpaired) electrons. The molecule has 74 valence electrons. The molecule has 0 aromatic heterocycles. The highest BCUT2D eigenvalue weighted by Crippen LogP contribution is 2.49. The van der Waals surface area contributed by atoms with Gasteiger partial charge in [0.1, 0.15) is 11.4 Å². The molecule has 2 rings (SSSR count). The molecule has 13 heavy (non-hydrogen) atoms. The molecule has 0 bridgehead atoms. The van der Waals surface area contributed by atoms with Crippen LogP contribution in [0.4, 0.5) is 0 Å². The topological polar surface area (TPSA) is 21.8 Å². The summed E-state index contributed by atoms with van der Waals surface area (Å²) >= 11 is 0. The monoisotopic (exact) mass is 198 g/mol. The van der Waals surface area contributed by atoms with Gasteiger partial charge in [-0.1, -0.05) is 0 Å². The highest BCUT2D eigenvalue weighted by atomic mass is 28.4. The zero-order valence-electron chi connectivity index (χ0n) is 8.89. The van der Waals surface area contributed by atoms with E-state index >= 15 is 0 Å². The van der Waals surface area contributed by atoms with Crippen molar-refractivity contribution in [3.05, 3.63) is 11.8 Å². The first-order valence-corrected chi connectivity index (χ1v) is 8.40. The number of allylic oxidation sites excluding steroid dienone is 1. The summed E-state index contributed by atoms with van der Waals surface area (Å²) in [5, 5.41) is 0. The Balaban J connectivity index is 2.10. The number of fused-ring (bicyclic) bond motifs is 1. The number of ether oxygens (including phenoxy) is 1. The zero-order chi connectivity index (χ0) is 9.69. The molecule has 2 unspecified atom stereocenters. The van der Waals surface area contributed by atoms with Gasteiger partial charge in [0.05, 0.1) is 6.10 Å². The van der Waals surface area contributed by atoms with Gasteiger partial charge in [-0.15, -0.1) is 0 Å². The van der Waals surface area contributed by atoms with Crippen LogP contribution in [0.25, 0.3) is 0 Å². The van der Waals surface area contributed by atoms with Gasteiger partial charge < -0.3 is 9.16 Å². The molecule has 1 heterocycles. The first kappa shape index (κ1) is 9.28. The molecule has 0 saturated carbocycles. The van der Waals surface area contributed by atoms with E-state index in [2.05, 4.69) is 32.6 Å². The molecule has 0 spiro atoms. The van der Waals surface area contributed by atoms with Crippen molar-refractivity contribution in [2.75, 3.05) is 0 Å². The quantitative estimate of drug-likeness (QED) is 0.502. The van der Waals surface area contributed by atoms with Gasteiger partial charge in [0, 0.05) is 0 Å². The number of epoxide rings is 1. The minimum atomic E-state index is -1.46. The van der Waals surface area contributed by atoms with E-state index in [1.165, 1.54) is 0 Å². The third-order valence-electron chi connectivity index (χ3n) is 2.61. The lowest BCUT2D eigenvalue weighted by atomic mass is 9.96. The Kier molecular flexibility index (Phi) is 1.86. The van der Waals surface area contributed by atoms with Crippen LogP contribution in [0.2, 0.25) is 19.6 Å². The maximum atomic E-state index is 6.01. The van der Waals surface area contributed by atoms with Gasteiger partial charge in [-0.2, -0.15) is 0 Å². The van der Waals surface area contributed by atoms with Gasteiger partial charge in [0.15, 0.2) is 0 Å². The van der Waals surface area contributed by atoms with Crippen LogP contribution >= 0.6 is 0 Å². The van der Waals surface area contributed by atoms with Crippen molar-refractivity contribution in [2.24, 2.45) is 0 Å². The van der Waals surface area contributed by atoms with E-state index < -0.39 is 8.32 Å². The van der Waals surface area contributed by atoms with Gasteiger partial charge in [0.2, 0.25) is 8.32 Å². The van der Waals surface area contributed by atoms with Crippen LogP contribution in [0, 0.1) is 0 Å². The third-order valence-corrected chi connectivity index (χ3v) is 3.44. The smallest absolute Gasteiger partial charge is 0.241 e. The van der Waals surface area contributed by atoms with E-state index in [9.17, 15) is 0 Å². The molecule has 0 aromatic rings. The third kappa shape index (κ3) is 1.67. The summed E-state index contributed by atoms with van der Waals surface area (Å²) in [5.41, 5.74) is -0.0570. The van der Waals surface area contributed by atoms with Gasteiger partial charge in [0.25, 0.3) is 0 Å². The lowest BCUT2D eigenvalue weighted by Gasteiger charge is -2.26. The van der Waals surface area contributed by atoms with Gasteiger partial charge >= 0.3 is 0 Å². The molecule has 3 heteroatoms. The summed E-state index contributed by atoms with van der Waals surface area (Å²) in [5.74, 6) is 1.10. The van der Waals surface area contributed by atoms with Crippen molar-refractivity contribution in [3.8, 4) is 0 Å². The Bertz CT molecular complexity index is 254. The van der Waals surface area contributed by atoms with Gasteiger partial charge in [-0.05, 0) is 45.5 Å². The largest absolute Gasteiger partial charge is 0.545 e. The lowest BCUT2D eigenvalue weighted by molar-refractivity contribution is 0.268. The van der Waals surface area contributed by atoms with Crippen LogP contribution in [0.15, 0.2) is 11.8 Å². The second-order valence-corrected chi connectivity index (χ2v) is 9.50. The molecule has 0 N–H and O–H groups in total. The lowest BCUT2D eigenvalue weighted by Crippen LogP contribution is -2.31. The Morgan fingerprint density at radius 3 is 2.85 bits per heavy atom. The Labute approximate surface area is 81.1 Å². The summed E-state index contributed by atoms with van der Waals surface area (Å²) in [6.07, 6.45) is 4.92. The van der Waals surface area contributed by atoms with Crippen molar-refractivity contribution >= 4 is 8.32 Å². The molecule has 0 amide bonds. The minimum Gasteiger partial charge on any atom is -0.545 e. The van der Waals surface area contributed by atoms with Crippen LogP contribution in [-0.2, 0) is 9.16 Å². The standard InChI is InChI=1S/C10H18O2Si/c1-10-8(11-10)6-5-7-9(10)12-13(2,3)4/h7-8H,5-6H2,1-4H3. The van der Waals surface area contributed by atoms with Crippen molar-refractivity contribution in [1.29, 1.82) is 0 Å². The summed E-state index contributed by atoms with van der Waals surface area (Å²) in [7, 11) is -1.46. The predicted octanol–water partition coefficient (Wildman–Crippen LogP) is 2.67. The average Bonchev–Trinajstić information content (AvgIpc) is 2.59. The van der Waals surface area contributed by atoms with E-state index in [1.807, 2.05) is 0 Å². The molecule has 1 saturated heterocycles. The summed E-state index contributed by atoms with van der Waals surface area (Å²) in [4.78, 5) is 0. The molecule has 1 aliphatic carbocycles. The molecule has 2 aliphatic rings. The number of hydrogen-bond donors (Lipinski definition) is 0. The fraction of sp³-hybridized carbons (Fsp3) is 0.800. The fourth-order valence-electron chi connectivity index (χ4n) is 1.85. The second-order valence-electron chi connectivity index (χ2n) is 5.07. The molecular formula is C10H18O2Si. The summed E-state index contributed by atoms with van der Waals surface area (Å²) in [6.45, 7) is 8.78. The molecule has 0 aromatic carbocycles.